The summed E-state index contributed by atoms with van der Waals surface area (Å²) in [4.78, 5) is 23.8. The summed E-state index contributed by atoms with van der Waals surface area (Å²) in [6.07, 6.45) is 1.27. The first-order valence-corrected chi connectivity index (χ1v) is 6.48. The van der Waals surface area contributed by atoms with Gasteiger partial charge in [0.1, 0.15) is 10.7 Å². The van der Waals surface area contributed by atoms with Crippen molar-refractivity contribution in [3.8, 4) is 11.1 Å². The van der Waals surface area contributed by atoms with Gasteiger partial charge in [-0.15, -0.1) is 0 Å². The quantitative estimate of drug-likeness (QED) is 0.814. The molecule has 0 aliphatic rings. The van der Waals surface area contributed by atoms with E-state index in [-0.39, 0.29) is 22.3 Å². The van der Waals surface area contributed by atoms with Crippen LogP contribution in [0.15, 0.2) is 50.3 Å². The van der Waals surface area contributed by atoms with E-state index in [2.05, 4.69) is 15.9 Å². The Labute approximate surface area is 118 Å². The molecule has 0 radical (unpaired) electrons. The van der Waals surface area contributed by atoms with Gasteiger partial charge < -0.3 is 9.15 Å². The Morgan fingerprint density at radius 2 is 2.00 bits per heavy atom. The Morgan fingerprint density at radius 3 is 2.63 bits per heavy atom. The van der Waals surface area contributed by atoms with Gasteiger partial charge in [0.05, 0.1) is 12.2 Å². The lowest BCUT2D eigenvalue weighted by Crippen LogP contribution is -2.13. The molecule has 0 bridgehead atoms. The van der Waals surface area contributed by atoms with Gasteiger partial charge in [-0.1, -0.05) is 30.3 Å². The van der Waals surface area contributed by atoms with Crippen molar-refractivity contribution >= 4 is 21.9 Å². The summed E-state index contributed by atoms with van der Waals surface area (Å²) >= 11 is 3.09. The number of hydrogen-bond acceptors (Lipinski definition) is 4. The second-order valence-electron chi connectivity index (χ2n) is 3.71. The fourth-order valence-electron chi connectivity index (χ4n) is 1.60. The summed E-state index contributed by atoms with van der Waals surface area (Å²) in [6.45, 7) is 1.90. The third-order valence-corrected chi connectivity index (χ3v) is 3.20. The number of halogens is 1. The molecule has 98 valence electrons. The highest BCUT2D eigenvalue weighted by atomic mass is 79.9. The molecule has 2 rings (SSSR count). The van der Waals surface area contributed by atoms with Crippen molar-refractivity contribution in [1.82, 2.24) is 0 Å². The Kier molecular flexibility index (Phi) is 4.16. The highest BCUT2D eigenvalue weighted by molar-refractivity contribution is 9.10. The third kappa shape index (κ3) is 2.76. The van der Waals surface area contributed by atoms with E-state index in [1.165, 1.54) is 6.26 Å². The second-order valence-corrected chi connectivity index (χ2v) is 4.50. The van der Waals surface area contributed by atoms with Crippen molar-refractivity contribution in [2.24, 2.45) is 0 Å². The van der Waals surface area contributed by atoms with Gasteiger partial charge in [0.15, 0.2) is 0 Å². The summed E-state index contributed by atoms with van der Waals surface area (Å²) < 4.78 is 10.1. The average molecular weight is 323 g/mol. The molecule has 0 saturated carbocycles. The molecule has 0 atom stereocenters. The molecular formula is C14H11BrO4. The number of ether oxygens (including phenoxy) is 1. The number of hydrogen-bond donors (Lipinski definition) is 0. The second kappa shape index (κ2) is 5.84. The molecule has 0 spiro atoms. The van der Waals surface area contributed by atoms with E-state index >= 15 is 0 Å². The molecule has 19 heavy (non-hydrogen) atoms. The molecule has 0 saturated heterocycles. The minimum atomic E-state index is -0.661. The molecule has 0 aliphatic carbocycles. The van der Waals surface area contributed by atoms with E-state index in [9.17, 15) is 9.59 Å². The third-order valence-electron chi connectivity index (χ3n) is 2.48. The maximum absolute atomic E-state index is 12.2. The Morgan fingerprint density at radius 1 is 1.32 bits per heavy atom. The zero-order valence-electron chi connectivity index (χ0n) is 10.2. The van der Waals surface area contributed by atoms with Crippen molar-refractivity contribution < 1.29 is 13.9 Å². The van der Waals surface area contributed by atoms with Gasteiger partial charge in [-0.25, -0.2) is 4.79 Å². The van der Waals surface area contributed by atoms with Gasteiger partial charge in [-0.2, -0.15) is 0 Å². The number of benzene rings is 1. The molecule has 0 fully saturated rings. The molecule has 2 aromatic rings. The van der Waals surface area contributed by atoms with E-state index in [1.54, 1.807) is 19.1 Å². The standard InChI is InChI=1S/C14H11BrO4/c1-2-18-14(17)13-11(15)12(16)10(8-19-13)9-6-4-3-5-7-9/h3-8H,2H2,1H3. The van der Waals surface area contributed by atoms with Crippen LogP contribution in [0, 0.1) is 0 Å². The lowest BCUT2D eigenvalue weighted by molar-refractivity contribution is 0.0485. The maximum atomic E-state index is 12.2. The van der Waals surface area contributed by atoms with Crippen LogP contribution < -0.4 is 5.43 Å². The molecule has 0 aliphatic heterocycles. The lowest BCUT2D eigenvalue weighted by Gasteiger charge is -2.05. The summed E-state index contributed by atoms with van der Waals surface area (Å²) in [5, 5.41) is 0. The van der Waals surface area contributed by atoms with Crippen molar-refractivity contribution in [1.29, 1.82) is 0 Å². The fraction of sp³-hybridized carbons (Fsp3) is 0.143. The Bertz CT molecular complexity index is 646. The molecule has 1 aromatic heterocycles. The first kappa shape index (κ1) is 13.5. The van der Waals surface area contributed by atoms with E-state index < -0.39 is 5.97 Å². The van der Waals surface area contributed by atoms with Crippen LogP contribution in [-0.4, -0.2) is 12.6 Å². The van der Waals surface area contributed by atoms with Crippen LogP contribution in [0.25, 0.3) is 11.1 Å². The van der Waals surface area contributed by atoms with E-state index in [0.29, 0.717) is 5.56 Å². The highest BCUT2D eigenvalue weighted by Gasteiger charge is 2.19. The Balaban J connectivity index is 2.50. The van der Waals surface area contributed by atoms with Crippen LogP contribution in [0.4, 0.5) is 0 Å². The molecule has 1 aromatic carbocycles. The first-order valence-electron chi connectivity index (χ1n) is 5.69. The molecule has 0 amide bonds. The van der Waals surface area contributed by atoms with Crippen LogP contribution in [0.2, 0.25) is 0 Å². The van der Waals surface area contributed by atoms with Crippen molar-refractivity contribution in [2.75, 3.05) is 6.61 Å². The number of esters is 1. The van der Waals surface area contributed by atoms with Crippen LogP contribution in [0.3, 0.4) is 0 Å². The number of rotatable bonds is 3. The van der Waals surface area contributed by atoms with Gasteiger partial charge in [-0.05, 0) is 28.4 Å². The maximum Gasteiger partial charge on any atom is 0.375 e. The number of carbonyl (C=O) groups excluding carboxylic acids is 1. The largest absolute Gasteiger partial charge is 0.460 e. The number of carbonyl (C=O) groups is 1. The van der Waals surface area contributed by atoms with Crippen molar-refractivity contribution in [3.05, 3.63) is 57.1 Å². The Hall–Kier alpha value is -1.88. The normalized spacial score (nSPS) is 10.2. The summed E-state index contributed by atoms with van der Waals surface area (Å²) in [5.41, 5.74) is 0.813. The van der Waals surface area contributed by atoms with E-state index in [4.69, 9.17) is 9.15 Å². The topological polar surface area (TPSA) is 56.5 Å². The van der Waals surface area contributed by atoms with Crippen LogP contribution in [0.1, 0.15) is 17.5 Å². The first-order chi connectivity index (χ1) is 9.15. The zero-order valence-corrected chi connectivity index (χ0v) is 11.8. The van der Waals surface area contributed by atoms with Crippen molar-refractivity contribution in [3.63, 3.8) is 0 Å². The van der Waals surface area contributed by atoms with E-state index in [0.717, 1.165) is 5.56 Å². The lowest BCUT2D eigenvalue weighted by atomic mass is 10.1. The average Bonchev–Trinajstić information content (AvgIpc) is 2.43. The minimum absolute atomic E-state index is 0.0762. The fourth-order valence-corrected chi connectivity index (χ4v) is 2.06. The van der Waals surface area contributed by atoms with Gasteiger partial charge in [0, 0.05) is 0 Å². The molecule has 5 heteroatoms. The van der Waals surface area contributed by atoms with E-state index in [1.807, 2.05) is 18.2 Å². The summed E-state index contributed by atoms with van der Waals surface area (Å²) in [5.74, 6) is -0.780. The molecule has 4 nitrogen and oxygen atoms in total. The van der Waals surface area contributed by atoms with Gasteiger partial charge in [0.2, 0.25) is 11.2 Å². The van der Waals surface area contributed by atoms with Crippen LogP contribution in [0.5, 0.6) is 0 Å². The summed E-state index contributed by atoms with van der Waals surface area (Å²) in [7, 11) is 0. The predicted molar refractivity (Wildman–Crippen MR) is 74.1 cm³/mol. The highest BCUT2D eigenvalue weighted by Crippen LogP contribution is 2.21. The molecule has 0 unspecified atom stereocenters. The summed E-state index contributed by atoms with van der Waals surface area (Å²) in [6, 6.07) is 9.09. The van der Waals surface area contributed by atoms with Gasteiger partial charge in [-0.3, -0.25) is 4.79 Å². The molecule has 0 N–H and O–H groups in total. The van der Waals surface area contributed by atoms with Gasteiger partial charge in [0.25, 0.3) is 0 Å². The predicted octanol–water partition coefficient (Wildman–Crippen LogP) is 3.25. The monoisotopic (exact) mass is 322 g/mol. The molecule has 1 heterocycles. The smallest absolute Gasteiger partial charge is 0.375 e. The van der Waals surface area contributed by atoms with Crippen LogP contribution in [-0.2, 0) is 4.74 Å². The molecular weight excluding hydrogens is 312 g/mol. The van der Waals surface area contributed by atoms with Crippen LogP contribution >= 0.6 is 15.9 Å². The SMILES string of the molecule is CCOC(=O)c1occ(-c2ccccc2)c(=O)c1Br. The minimum Gasteiger partial charge on any atom is -0.460 e. The van der Waals surface area contributed by atoms with Gasteiger partial charge >= 0.3 is 5.97 Å². The van der Waals surface area contributed by atoms with Crippen molar-refractivity contribution in [2.45, 2.75) is 6.92 Å². The zero-order chi connectivity index (χ0) is 13.8.